The van der Waals surface area contributed by atoms with Crippen molar-refractivity contribution in [2.24, 2.45) is 0 Å². The summed E-state index contributed by atoms with van der Waals surface area (Å²) >= 11 is 5.96. The lowest BCUT2D eigenvalue weighted by Gasteiger charge is -2.13. The number of hydrogen-bond acceptors (Lipinski definition) is 6. The molecular weight excluding hydrogens is 448 g/mol. The summed E-state index contributed by atoms with van der Waals surface area (Å²) in [5, 5.41) is 7.13. The Morgan fingerprint density at radius 1 is 1.12 bits per heavy atom. The van der Waals surface area contributed by atoms with Crippen LogP contribution < -0.4 is 21.3 Å². The number of carbonyl (C=O) groups is 1. The monoisotopic (exact) mass is 466 g/mol. The molecule has 33 heavy (non-hydrogen) atoms. The maximum atomic E-state index is 13.2. The molecule has 0 bridgehead atoms. The summed E-state index contributed by atoms with van der Waals surface area (Å²) in [6.07, 6.45) is 1.47. The molecule has 0 aliphatic heterocycles. The van der Waals surface area contributed by atoms with E-state index in [1.807, 2.05) is 0 Å². The van der Waals surface area contributed by atoms with E-state index < -0.39 is 22.9 Å². The Morgan fingerprint density at radius 3 is 2.61 bits per heavy atom. The fourth-order valence-corrected chi connectivity index (χ4v) is 3.29. The summed E-state index contributed by atoms with van der Waals surface area (Å²) in [5.74, 6) is 0.341. The van der Waals surface area contributed by atoms with Gasteiger partial charge in [0.15, 0.2) is 0 Å². The second-order valence-electron chi connectivity index (χ2n) is 7.02. The minimum absolute atomic E-state index is 0.0584. The quantitative estimate of drug-likeness (QED) is 0.448. The van der Waals surface area contributed by atoms with Gasteiger partial charge in [0.25, 0.3) is 11.5 Å². The molecule has 4 aromatic rings. The summed E-state index contributed by atoms with van der Waals surface area (Å²) in [4.78, 5) is 39.2. The molecule has 0 aliphatic rings. The number of benzene rings is 2. The van der Waals surface area contributed by atoms with Crippen LogP contribution in [0.5, 0.6) is 5.75 Å². The molecule has 0 saturated heterocycles. The zero-order chi connectivity index (χ0) is 23.4. The van der Waals surface area contributed by atoms with E-state index in [1.165, 1.54) is 13.4 Å². The van der Waals surface area contributed by atoms with E-state index in [4.69, 9.17) is 20.8 Å². The number of hydrogen-bond donors (Lipinski definition) is 1. The standard InChI is InChI=1S/C23H19ClN4O5/c1-32-18-5-2-4-15(12-18)14-27-22(30)20(21(29)25-13-19-6-3-11-33-19)26-28(23(27)31)17-9-7-16(24)8-10-17/h2-12H,13-14H2,1H3,(H,25,29). The van der Waals surface area contributed by atoms with Gasteiger partial charge in [-0.2, -0.15) is 9.78 Å². The zero-order valence-electron chi connectivity index (χ0n) is 17.5. The van der Waals surface area contributed by atoms with Crippen LogP contribution in [0.4, 0.5) is 0 Å². The summed E-state index contributed by atoms with van der Waals surface area (Å²) in [6, 6.07) is 16.6. The lowest BCUT2D eigenvalue weighted by molar-refractivity contribution is 0.0938. The highest BCUT2D eigenvalue weighted by Crippen LogP contribution is 2.14. The van der Waals surface area contributed by atoms with Gasteiger partial charge in [0.2, 0.25) is 5.69 Å². The smallest absolute Gasteiger partial charge is 0.352 e. The Balaban J connectivity index is 1.79. The average Bonchev–Trinajstić information content (AvgIpc) is 3.35. The van der Waals surface area contributed by atoms with Gasteiger partial charge in [0.1, 0.15) is 11.5 Å². The van der Waals surface area contributed by atoms with Crippen LogP contribution in [0.3, 0.4) is 0 Å². The molecule has 2 heterocycles. The summed E-state index contributed by atoms with van der Waals surface area (Å²) in [6.45, 7) is -0.0215. The van der Waals surface area contributed by atoms with E-state index in [1.54, 1.807) is 60.7 Å². The molecule has 2 aromatic heterocycles. The largest absolute Gasteiger partial charge is 0.497 e. The summed E-state index contributed by atoms with van der Waals surface area (Å²) in [5.41, 5.74) is -0.954. The SMILES string of the molecule is COc1cccc(Cn2c(=O)c(C(=O)NCc3ccco3)nn(-c3ccc(Cl)cc3)c2=O)c1. The third-order valence-electron chi connectivity index (χ3n) is 4.82. The molecule has 1 N–H and O–H groups in total. The minimum atomic E-state index is -0.815. The number of halogens is 1. The average molecular weight is 467 g/mol. The highest BCUT2D eigenvalue weighted by atomic mass is 35.5. The van der Waals surface area contributed by atoms with Crippen LogP contribution in [0.2, 0.25) is 5.02 Å². The first-order chi connectivity index (χ1) is 16.0. The number of nitrogens with zero attached hydrogens (tertiary/aromatic N) is 3. The first kappa shape index (κ1) is 22.1. The fraction of sp³-hybridized carbons (Fsp3) is 0.130. The Kier molecular flexibility index (Phi) is 6.41. The third-order valence-corrected chi connectivity index (χ3v) is 5.08. The van der Waals surface area contributed by atoms with Crippen molar-refractivity contribution in [2.75, 3.05) is 7.11 Å². The van der Waals surface area contributed by atoms with Crippen LogP contribution >= 0.6 is 11.6 Å². The van der Waals surface area contributed by atoms with Crippen molar-refractivity contribution in [2.45, 2.75) is 13.1 Å². The topological polar surface area (TPSA) is 108 Å². The molecule has 9 nitrogen and oxygen atoms in total. The van der Waals surface area contributed by atoms with Crippen LogP contribution in [0, 0.1) is 0 Å². The van der Waals surface area contributed by atoms with E-state index >= 15 is 0 Å². The molecule has 0 aliphatic carbocycles. The van der Waals surface area contributed by atoms with Crippen molar-refractivity contribution in [3.05, 3.63) is 110 Å². The number of furan rings is 1. The molecule has 168 valence electrons. The van der Waals surface area contributed by atoms with Crippen molar-refractivity contribution in [3.63, 3.8) is 0 Å². The van der Waals surface area contributed by atoms with Crippen LogP contribution in [0.15, 0.2) is 80.9 Å². The van der Waals surface area contributed by atoms with Crippen molar-refractivity contribution < 1.29 is 13.9 Å². The first-order valence-electron chi connectivity index (χ1n) is 9.90. The van der Waals surface area contributed by atoms with E-state index in [2.05, 4.69) is 10.4 Å². The first-order valence-corrected chi connectivity index (χ1v) is 10.3. The Morgan fingerprint density at radius 2 is 1.91 bits per heavy atom. The molecule has 0 radical (unpaired) electrons. The van der Waals surface area contributed by atoms with Crippen LogP contribution in [0.25, 0.3) is 5.69 Å². The lowest BCUT2D eigenvalue weighted by Crippen LogP contribution is -2.46. The van der Waals surface area contributed by atoms with Gasteiger partial charge in [-0.05, 0) is 54.1 Å². The molecule has 0 saturated carbocycles. The number of ether oxygens (including phenoxy) is 1. The maximum Gasteiger partial charge on any atom is 0.352 e. The van der Waals surface area contributed by atoms with Gasteiger partial charge in [0, 0.05) is 5.02 Å². The Labute approximate surface area is 192 Å². The normalized spacial score (nSPS) is 10.7. The van der Waals surface area contributed by atoms with E-state index in [0.717, 1.165) is 9.25 Å². The highest BCUT2D eigenvalue weighted by molar-refractivity contribution is 6.30. The molecule has 0 unspecified atom stereocenters. The second kappa shape index (κ2) is 9.58. The predicted molar refractivity (Wildman–Crippen MR) is 121 cm³/mol. The van der Waals surface area contributed by atoms with Gasteiger partial charge in [-0.3, -0.25) is 14.2 Å². The number of aromatic nitrogens is 3. The van der Waals surface area contributed by atoms with E-state index in [0.29, 0.717) is 27.8 Å². The van der Waals surface area contributed by atoms with Crippen molar-refractivity contribution in [1.82, 2.24) is 19.7 Å². The van der Waals surface area contributed by atoms with Crippen LogP contribution in [-0.4, -0.2) is 27.4 Å². The summed E-state index contributed by atoms with van der Waals surface area (Å²) in [7, 11) is 1.52. The van der Waals surface area contributed by atoms with Gasteiger partial charge in [-0.25, -0.2) is 4.79 Å². The van der Waals surface area contributed by atoms with Gasteiger partial charge < -0.3 is 14.5 Å². The lowest BCUT2D eigenvalue weighted by atomic mass is 10.2. The minimum Gasteiger partial charge on any atom is -0.497 e. The van der Waals surface area contributed by atoms with Crippen molar-refractivity contribution >= 4 is 17.5 Å². The second-order valence-corrected chi connectivity index (χ2v) is 7.46. The zero-order valence-corrected chi connectivity index (χ0v) is 18.3. The molecule has 0 fully saturated rings. The molecule has 0 spiro atoms. The Hall–Kier alpha value is -4.11. The van der Waals surface area contributed by atoms with Crippen LogP contribution in [0.1, 0.15) is 21.8 Å². The Bertz CT molecular complexity index is 1390. The molecule has 1 amide bonds. The third kappa shape index (κ3) is 4.88. The van der Waals surface area contributed by atoms with E-state index in [-0.39, 0.29) is 13.1 Å². The highest BCUT2D eigenvalue weighted by Gasteiger charge is 2.21. The number of amides is 1. The number of nitrogens with one attached hydrogen (secondary N) is 1. The molecule has 10 heteroatoms. The van der Waals surface area contributed by atoms with Crippen LogP contribution in [-0.2, 0) is 13.1 Å². The molecular formula is C23H19ClN4O5. The number of methoxy groups -OCH3 is 1. The maximum absolute atomic E-state index is 13.2. The molecule has 0 atom stereocenters. The van der Waals surface area contributed by atoms with Crippen molar-refractivity contribution in [3.8, 4) is 11.4 Å². The van der Waals surface area contributed by atoms with Gasteiger partial charge in [-0.15, -0.1) is 0 Å². The summed E-state index contributed by atoms with van der Waals surface area (Å²) < 4.78 is 12.4. The predicted octanol–water partition coefficient (Wildman–Crippen LogP) is 2.63. The van der Waals surface area contributed by atoms with Crippen molar-refractivity contribution in [1.29, 1.82) is 0 Å². The number of rotatable bonds is 7. The van der Waals surface area contributed by atoms with Gasteiger partial charge in [0.05, 0.1) is 32.1 Å². The fourth-order valence-electron chi connectivity index (χ4n) is 3.16. The van der Waals surface area contributed by atoms with Gasteiger partial charge in [-0.1, -0.05) is 23.7 Å². The molecule has 2 aromatic carbocycles. The van der Waals surface area contributed by atoms with Gasteiger partial charge >= 0.3 is 5.69 Å². The van der Waals surface area contributed by atoms with E-state index in [9.17, 15) is 14.4 Å². The molecule has 4 rings (SSSR count). The number of carbonyl (C=O) groups excluding carboxylic acids is 1.